The minimum atomic E-state index is -0.293. The van der Waals surface area contributed by atoms with E-state index in [1.165, 1.54) is 0 Å². The predicted molar refractivity (Wildman–Crippen MR) is 101 cm³/mol. The minimum Gasteiger partial charge on any atom is -0.455 e. The van der Waals surface area contributed by atoms with Crippen LogP contribution in [0.15, 0.2) is 33.8 Å². The molecule has 1 heterocycles. The van der Waals surface area contributed by atoms with E-state index in [0.717, 1.165) is 14.7 Å². The number of nitrogens with one attached hydrogen (secondary N) is 1. The van der Waals surface area contributed by atoms with Crippen LogP contribution in [0.5, 0.6) is 0 Å². The third-order valence-corrected chi connectivity index (χ3v) is 4.94. The van der Waals surface area contributed by atoms with Crippen LogP contribution in [0.1, 0.15) is 47.7 Å². The second-order valence-electron chi connectivity index (χ2n) is 6.88. The summed E-state index contributed by atoms with van der Waals surface area (Å²) in [6.07, 6.45) is 1.36. The molecule has 0 atom stereocenters. The number of furan rings is 1. The zero-order valence-electron chi connectivity index (χ0n) is 13.8. The number of oxime groups is 1. The smallest absolute Gasteiger partial charge is 0.291 e. The van der Waals surface area contributed by atoms with Gasteiger partial charge in [0.25, 0.3) is 5.91 Å². The molecule has 1 amide bonds. The van der Waals surface area contributed by atoms with Crippen molar-refractivity contribution in [1.82, 2.24) is 0 Å². The lowest BCUT2D eigenvalue weighted by atomic mass is 9.75. The fourth-order valence-electron chi connectivity index (χ4n) is 3.14. The average Bonchev–Trinajstić information content (AvgIpc) is 2.84. The largest absolute Gasteiger partial charge is 0.455 e. The molecule has 2 N–H and O–H groups in total. The molecule has 1 aliphatic carbocycles. The highest BCUT2D eigenvalue weighted by Gasteiger charge is 2.36. The van der Waals surface area contributed by atoms with Gasteiger partial charge in [0.05, 0.1) is 5.71 Å². The van der Waals surface area contributed by atoms with E-state index in [-0.39, 0.29) is 17.1 Å². The number of nitrogens with zero attached hydrogens (tertiary/aromatic N) is 1. The molecular weight excluding hydrogens is 419 g/mol. The predicted octanol–water partition coefficient (Wildman–Crippen LogP) is 4.60. The summed E-state index contributed by atoms with van der Waals surface area (Å²) < 4.78 is 6.96. The maximum absolute atomic E-state index is 12.6. The van der Waals surface area contributed by atoms with E-state index in [1.54, 1.807) is 0 Å². The molecule has 0 fully saturated rings. The Morgan fingerprint density at radius 3 is 2.58 bits per heavy atom. The summed E-state index contributed by atoms with van der Waals surface area (Å²) in [6, 6.07) is 7.55. The molecule has 3 rings (SSSR count). The maximum Gasteiger partial charge on any atom is 0.291 e. The van der Waals surface area contributed by atoms with E-state index in [4.69, 9.17) is 4.42 Å². The van der Waals surface area contributed by atoms with E-state index in [2.05, 4.69) is 46.9 Å². The quantitative estimate of drug-likeness (QED) is 0.409. The summed E-state index contributed by atoms with van der Waals surface area (Å²) in [7, 11) is 0. The molecule has 1 aliphatic rings. The van der Waals surface area contributed by atoms with Gasteiger partial charge < -0.3 is 14.9 Å². The summed E-state index contributed by atoms with van der Waals surface area (Å²) in [5.41, 5.74) is 2.71. The van der Waals surface area contributed by atoms with Gasteiger partial charge in [-0.15, -0.1) is 0 Å². The standard InChI is InChI=1S/C18H19IN2O3/c1-10-15-13(21-23)8-18(2,3)9-14(15)24-16(10)17(22)20-12-6-4-11(19)5-7-12/h4-7,23H,8-9H2,1-3H3,(H,20,22)/b21-13-. The molecule has 126 valence electrons. The number of amides is 1. The minimum absolute atomic E-state index is 0.0667. The Hall–Kier alpha value is -1.83. The number of rotatable bonds is 2. The molecule has 2 aromatic rings. The molecule has 0 unspecified atom stereocenters. The normalized spacial score (nSPS) is 17.6. The van der Waals surface area contributed by atoms with Gasteiger partial charge in [-0.25, -0.2) is 0 Å². The van der Waals surface area contributed by atoms with Gasteiger partial charge in [-0.1, -0.05) is 19.0 Å². The molecule has 0 saturated carbocycles. The number of halogens is 1. The Morgan fingerprint density at radius 2 is 1.96 bits per heavy atom. The van der Waals surface area contributed by atoms with Crippen molar-refractivity contribution in [3.05, 3.63) is 50.5 Å². The van der Waals surface area contributed by atoms with Crippen molar-refractivity contribution in [3.63, 3.8) is 0 Å². The molecule has 1 aromatic carbocycles. The summed E-state index contributed by atoms with van der Waals surface area (Å²) in [5.74, 6) is 0.694. The SMILES string of the molecule is Cc1c(C(=O)Nc2ccc(I)cc2)oc2c1/C(=N\O)CC(C)(C)C2. The first-order chi connectivity index (χ1) is 11.3. The van der Waals surface area contributed by atoms with Gasteiger partial charge in [0.1, 0.15) is 5.76 Å². The van der Waals surface area contributed by atoms with E-state index < -0.39 is 0 Å². The summed E-state index contributed by atoms with van der Waals surface area (Å²) in [6.45, 7) is 6.00. The fourth-order valence-corrected chi connectivity index (χ4v) is 3.50. The lowest BCUT2D eigenvalue weighted by molar-refractivity contribution is 0.0993. The third-order valence-electron chi connectivity index (χ3n) is 4.22. The molecule has 0 bridgehead atoms. The number of carbonyl (C=O) groups excluding carboxylic acids is 1. The fraction of sp³-hybridized carbons (Fsp3) is 0.333. The molecule has 0 radical (unpaired) electrons. The van der Waals surface area contributed by atoms with Crippen molar-refractivity contribution < 1.29 is 14.4 Å². The summed E-state index contributed by atoms with van der Waals surface area (Å²) in [5, 5.41) is 15.6. The van der Waals surface area contributed by atoms with Crippen molar-refractivity contribution >= 4 is 39.9 Å². The Morgan fingerprint density at radius 1 is 1.29 bits per heavy atom. The number of hydrogen-bond acceptors (Lipinski definition) is 4. The number of carbonyl (C=O) groups is 1. The van der Waals surface area contributed by atoms with E-state index >= 15 is 0 Å². The Balaban J connectivity index is 1.94. The number of hydrogen-bond donors (Lipinski definition) is 2. The second kappa shape index (κ2) is 6.23. The van der Waals surface area contributed by atoms with Crippen LogP contribution in [0.3, 0.4) is 0 Å². The van der Waals surface area contributed by atoms with Crippen LogP contribution in [0.4, 0.5) is 5.69 Å². The van der Waals surface area contributed by atoms with Crippen LogP contribution in [-0.2, 0) is 6.42 Å². The monoisotopic (exact) mass is 438 g/mol. The van der Waals surface area contributed by atoms with Gasteiger partial charge in [-0.3, -0.25) is 4.79 Å². The maximum atomic E-state index is 12.6. The van der Waals surface area contributed by atoms with Gasteiger partial charge in [-0.05, 0) is 65.6 Å². The van der Waals surface area contributed by atoms with Gasteiger partial charge in [-0.2, -0.15) is 0 Å². The molecule has 1 aromatic heterocycles. The van der Waals surface area contributed by atoms with Crippen LogP contribution in [0.2, 0.25) is 0 Å². The average molecular weight is 438 g/mol. The first-order valence-corrected chi connectivity index (χ1v) is 8.79. The highest BCUT2D eigenvalue weighted by atomic mass is 127. The van der Waals surface area contributed by atoms with E-state index in [1.807, 2.05) is 31.2 Å². The molecule has 0 spiro atoms. The van der Waals surface area contributed by atoms with Crippen molar-refractivity contribution in [1.29, 1.82) is 0 Å². The summed E-state index contributed by atoms with van der Waals surface area (Å²) in [4.78, 5) is 12.6. The molecular formula is C18H19IN2O3. The van der Waals surface area contributed by atoms with Crippen molar-refractivity contribution in [2.45, 2.75) is 33.6 Å². The van der Waals surface area contributed by atoms with Crippen molar-refractivity contribution in [3.8, 4) is 0 Å². The topological polar surface area (TPSA) is 74.8 Å². The second-order valence-corrected chi connectivity index (χ2v) is 8.13. The number of anilines is 1. The van der Waals surface area contributed by atoms with E-state index in [9.17, 15) is 10.0 Å². The summed E-state index contributed by atoms with van der Waals surface area (Å²) >= 11 is 2.21. The molecule has 5 nitrogen and oxygen atoms in total. The zero-order chi connectivity index (χ0) is 17.5. The van der Waals surface area contributed by atoms with Crippen LogP contribution in [-0.4, -0.2) is 16.8 Å². The molecule has 0 aliphatic heterocycles. The molecule has 24 heavy (non-hydrogen) atoms. The van der Waals surface area contributed by atoms with Gasteiger partial charge >= 0.3 is 0 Å². The van der Waals surface area contributed by atoms with Crippen molar-refractivity contribution in [2.24, 2.45) is 10.6 Å². The van der Waals surface area contributed by atoms with Gasteiger partial charge in [0.2, 0.25) is 0 Å². The lowest BCUT2D eigenvalue weighted by Crippen LogP contribution is -2.27. The van der Waals surface area contributed by atoms with Gasteiger partial charge in [0, 0.05) is 26.8 Å². The Kier molecular flexibility index (Phi) is 4.42. The number of benzene rings is 1. The Bertz CT molecular complexity index is 820. The van der Waals surface area contributed by atoms with Crippen molar-refractivity contribution in [2.75, 3.05) is 5.32 Å². The first-order valence-electron chi connectivity index (χ1n) is 7.71. The zero-order valence-corrected chi connectivity index (χ0v) is 16.0. The van der Waals surface area contributed by atoms with Crippen LogP contribution < -0.4 is 5.32 Å². The van der Waals surface area contributed by atoms with Crippen LogP contribution >= 0.6 is 22.6 Å². The third kappa shape index (κ3) is 3.19. The highest BCUT2D eigenvalue weighted by Crippen LogP contribution is 2.38. The van der Waals surface area contributed by atoms with E-state index in [0.29, 0.717) is 30.0 Å². The van der Waals surface area contributed by atoms with Crippen LogP contribution in [0.25, 0.3) is 0 Å². The van der Waals surface area contributed by atoms with Gasteiger partial charge in [0.15, 0.2) is 5.76 Å². The Labute approximate surface area is 154 Å². The molecule has 6 heteroatoms. The van der Waals surface area contributed by atoms with Crippen LogP contribution in [0, 0.1) is 15.9 Å². The molecule has 0 saturated heterocycles. The lowest BCUT2D eigenvalue weighted by Gasteiger charge is -2.28. The first kappa shape index (κ1) is 17.0. The highest BCUT2D eigenvalue weighted by molar-refractivity contribution is 14.1. The number of fused-ring (bicyclic) bond motifs is 1.